The summed E-state index contributed by atoms with van der Waals surface area (Å²) in [5, 5.41) is 8.17. The van der Waals surface area contributed by atoms with Gasteiger partial charge in [-0.15, -0.1) is 0 Å². The zero-order valence-electron chi connectivity index (χ0n) is 16.9. The average Bonchev–Trinajstić information content (AvgIpc) is 2.65. The highest BCUT2D eigenvalue weighted by Gasteiger charge is 1.98. The molecule has 148 valence electrons. The van der Waals surface area contributed by atoms with E-state index in [1.54, 1.807) is 6.26 Å². The van der Waals surface area contributed by atoms with Gasteiger partial charge in [0.25, 0.3) is 0 Å². The van der Waals surface area contributed by atoms with Crippen molar-refractivity contribution in [1.29, 1.82) is 0 Å². The van der Waals surface area contributed by atoms with Gasteiger partial charge in [0.05, 0.1) is 26.1 Å². The van der Waals surface area contributed by atoms with E-state index in [4.69, 9.17) is 19.3 Å². The fourth-order valence-electron chi connectivity index (χ4n) is 1.93. The van der Waals surface area contributed by atoms with E-state index in [0.717, 1.165) is 37.2 Å². The summed E-state index contributed by atoms with van der Waals surface area (Å²) < 4.78 is 15.7. The van der Waals surface area contributed by atoms with Crippen LogP contribution in [0.15, 0.2) is 37.1 Å². The molecule has 0 radical (unpaired) electrons. The van der Waals surface area contributed by atoms with Gasteiger partial charge in [0, 0.05) is 13.2 Å². The quantitative estimate of drug-likeness (QED) is 0.422. The van der Waals surface area contributed by atoms with Crippen molar-refractivity contribution in [2.45, 2.75) is 40.5 Å². The summed E-state index contributed by atoms with van der Waals surface area (Å²) in [4.78, 5) is 0. The van der Waals surface area contributed by atoms with Crippen molar-refractivity contribution in [3.05, 3.63) is 48.2 Å². The SMILES string of the molecule is C=C(C)c1ccc(/C(C)=C/OCCOCCC)cc1.CCCOCCO. The molecule has 0 aliphatic rings. The van der Waals surface area contributed by atoms with E-state index < -0.39 is 0 Å². The van der Waals surface area contributed by atoms with Crippen molar-refractivity contribution < 1.29 is 19.3 Å². The molecule has 0 amide bonds. The standard InChI is InChI=1S/C17H24O2.C5H12O2/c1-5-10-18-11-12-19-13-15(4)17-8-6-16(7-9-17)14(2)3;1-2-4-7-5-3-6/h6-9,13H,2,5,10-12H2,1,3-4H3;6H,2-5H2,1H3/b15-13+;. The van der Waals surface area contributed by atoms with Gasteiger partial charge in [-0.1, -0.05) is 50.3 Å². The van der Waals surface area contributed by atoms with Gasteiger partial charge in [0.15, 0.2) is 0 Å². The van der Waals surface area contributed by atoms with E-state index in [2.05, 4.69) is 37.8 Å². The van der Waals surface area contributed by atoms with Crippen LogP contribution in [0, 0.1) is 0 Å². The van der Waals surface area contributed by atoms with Crippen molar-refractivity contribution in [3.63, 3.8) is 0 Å². The summed E-state index contributed by atoms with van der Waals surface area (Å²) in [5.41, 5.74) is 4.53. The molecule has 0 aliphatic carbocycles. The maximum atomic E-state index is 8.17. The molecule has 0 fully saturated rings. The number of benzene rings is 1. The monoisotopic (exact) mass is 364 g/mol. The number of rotatable bonds is 12. The summed E-state index contributed by atoms with van der Waals surface area (Å²) in [6.45, 7) is 15.5. The van der Waals surface area contributed by atoms with Crippen LogP contribution in [0.5, 0.6) is 0 Å². The van der Waals surface area contributed by atoms with E-state index in [-0.39, 0.29) is 6.61 Å². The number of allylic oxidation sites excluding steroid dienone is 2. The Morgan fingerprint density at radius 3 is 1.92 bits per heavy atom. The van der Waals surface area contributed by atoms with E-state index in [0.29, 0.717) is 19.8 Å². The number of ether oxygens (including phenoxy) is 3. The largest absolute Gasteiger partial charge is 0.498 e. The summed E-state index contributed by atoms with van der Waals surface area (Å²) in [7, 11) is 0. The minimum absolute atomic E-state index is 0.139. The zero-order valence-corrected chi connectivity index (χ0v) is 16.9. The second-order valence-electron chi connectivity index (χ2n) is 5.98. The van der Waals surface area contributed by atoms with Crippen molar-refractivity contribution in [3.8, 4) is 0 Å². The number of aliphatic hydroxyl groups is 1. The van der Waals surface area contributed by atoms with Crippen LogP contribution in [-0.2, 0) is 14.2 Å². The average molecular weight is 365 g/mol. The Bertz CT molecular complexity index is 487. The maximum absolute atomic E-state index is 8.17. The van der Waals surface area contributed by atoms with Crippen molar-refractivity contribution in [1.82, 2.24) is 0 Å². The molecule has 0 unspecified atom stereocenters. The molecule has 26 heavy (non-hydrogen) atoms. The number of aliphatic hydroxyl groups excluding tert-OH is 1. The Hall–Kier alpha value is -1.62. The second kappa shape index (κ2) is 16.8. The first-order valence-corrected chi connectivity index (χ1v) is 9.37. The van der Waals surface area contributed by atoms with E-state index >= 15 is 0 Å². The van der Waals surface area contributed by atoms with Gasteiger partial charge in [-0.3, -0.25) is 0 Å². The lowest BCUT2D eigenvalue weighted by molar-refractivity contribution is 0.0856. The van der Waals surface area contributed by atoms with Gasteiger partial charge in [0.2, 0.25) is 0 Å². The molecule has 0 aromatic heterocycles. The highest BCUT2D eigenvalue weighted by atomic mass is 16.5. The number of hydrogen-bond acceptors (Lipinski definition) is 4. The third kappa shape index (κ3) is 12.7. The summed E-state index contributed by atoms with van der Waals surface area (Å²) in [6, 6.07) is 8.35. The second-order valence-corrected chi connectivity index (χ2v) is 5.98. The summed E-state index contributed by atoms with van der Waals surface area (Å²) in [6.07, 6.45) is 3.87. The van der Waals surface area contributed by atoms with Crippen LogP contribution in [0.3, 0.4) is 0 Å². The molecule has 0 atom stereocenters. The maximum Gasteiger partial charge on any atom is 0.111 e. The van der Waals surface area contributed by atoms with E-state index in [1.807, 2.05) is 20.8 Å². The Balaban J connectivity index is 0.000000758. The lowest BCUT2D eigenvalue weighted by atomic mass is 10.0. The minimum Gasteiger partial charge on any atom is -0.498 e. The molecule has 0 saturated heterocycles. The predicted molar refractivity (Wildman–Crippen MR) is 110 cm³/mol. The van der Waals surface area contributed by atoms with Crippen LogP contribution < -0.4 is 0 Å². The topological polar surface area (TPSA) is 47.9 Å². The third-order valence-corrected chi connectivity index (χ3v) is 3.37. The lowest BCUT2D eigenvalue weighted by Crippen LogP contribution is -2.02. The smallest absolute Gasteiger partial charge is 0.111 e. The van der Waals surface area contributed by atoms with E-state index in [1.165, 1.54) is 11.1 Å². The van der Waals surface area contributed by atoms with Gasteiger partial charge in [-0.25, -0.2) is 0 Å². The Kier molecular flexibility index (Phi) is 15.8. The first-order chi connectivity index (χ1) is 12.6. The molecule has 4 heteroatoms. The summed E-state index contributed by atoms with van der Waals surface area (Å²) in [5.74, 6) is 0. The molecule has 0 saturated carbocycles. The van der Waals surface area contributed by atoms with Gasteiger partial charge in [0.1, 0.15) is 6.61 Å². The third-order valence-electron chi connectivity index (χ3n) is 3.37. The first-order valence-electron chi connectivity index (χ1n) is 9.37. The molecule has 0 spiro atoms. The highest BCUT2D eigenvalue weighted by molar-refractivity contribution is 5.67. The van der Waals surface area contributed by atoms with Gasteiger partial charge >= 0.3 is 0 Å². The normalized spacial score (nSPS) is 10.9. The zero-order chi connectivity index (χ0) is 19.6. The van der Waals surface area contributed by atoms with Crippen LogP contribution in [0.4, 0.5) is 0 Å². The van der Waals surface area contributed by atoms with Gasteiger partial charge < -0.3 is 19.3 Å². The van der Waals surface area contributed by atoms with Gasteiger partial charge in [-0.05, 0) is 43.4 Å². The Morgan fingerprint density at radius 1 is 0.885 bits per heavy atom. The molecule has 1 rings (SSSR count). The van der Waals surface area contributed by atoms with Crippen LogP contribution in [-0.4, -0.2) is 44.7 Å². The lowest BCUT2D eigenvalue weighted by Gasteiger charge is -2.06. The molecule has 4 nitrogen and oxygen atoms in total. The van der Waals surface area contributed by atoms with Crippen LogP contribution in [0.1, 0.15) is 51.7 Å². The fraction of sp³-hybridized carbons (Fsp3) is 0.545. The van der Waals surface area contributed by atoms with Crippen molar-refractivity contribution >= 4 is 11.1 Å². The van der Waals surface area contributed by atoms with Crippen molar-refractivity contribution in [2.24, 2.45) is 0 Å². The Labute approximate surface area is 159 Å². The molecule has 0 bridgehead atoms. The molecule has 0 heterocycles. The molecule has 1 aromatic carbocycles. The molecular weight excluding hydrogens is 328 g/mol. The first kappa shape index (κ1) is 24.4. The van der Waals surface area contributed by atoms with Crippen LogP contribution >= 0.6 is 0 Å². The summed E-state index contributed by atoms with van der Waals surface area (Å²) >= 11 is 0. The fourth-order valence-corrected chi connectivity index (χ4v) is 1.93. The van der Waals surface area contributed by atoms with Crippen LogP contribution in [0.2, 0.25) is 0 Å². The molecule has 1 N–H and O–H groups in total. The van der Waals surface area contributed by atoms with Crippen LogP contribution in [0.25, 0.3) is 11.1 Å². The number of hydrogen-bond donors (Lipinski definition) is 1. The minimum atomic E-state index is 0.139. The molecule has 0 aliphatic heterocycles. The van der Waals surface area contributed by atoms with Gasteiger partial charge in [-0.2, -0.15) is 0 Å². The Morgan fingerprint density at radius 2 is 1.42 bits per heavy atom. The predicted octanol–water partition coefficient (Wildman–Crippen LogP) is 4.93. The van der Waals surface area contributed by atoms with Crippen molar-refractivity contribution in [2.75, 3.05) is 39.6 Å². The van der Waals surface area contributed by atoms with E-state index in [9.17, 15) is 0 Å². The highest BCUT2D eigenvalue weighted by Crippen LogP contribution is 2.17. The molecular formula is C22H36O4. The molecule has 1 aromatic rings.